The lowest BCUT2D eigenvalue weighted by atomic mass is 9.60. The van der Waals surface area contributed by atoms with Crippen molar-refractivity contribution in [3.05, 3.63) is 35.9 Å². The third kappa shape index (κ3) is 3.04. The fourth-order valence-corrected chi connectivity index (χ4v) is 5.16. The molecule has 0 spiro atoms. The molecule has 0 bridgehead atoms. The molecule has 1 nitrogen and oxygen atoms in total. The van der Waals surface area contributed by atoms with Crippen LogP contribution in [0.3, 0.4) is 0 Å². The summed E-state index contributed by atoms with van der Waals surface area (Å²) in [6, 6.07) is 12.1. The first-order valence-electron chi connectivity index (χ1n) is 9.09. The Labute approximate surface area is 130 Å². The number of nitrogens with one attached hydrogen (secondary N) is 1. The molecule has 2 aliphatic rings. The Morgan fingerprint density at radius 1 is 0.905 bits per heavy atom. The van der Waals surface area contributed by atoms with Gasteiger partial charge < -0.3 is 5.32 Å². The Bertz CT molecular complexity index is 413. The Morgan fingerprint density at radius 2 is 1.52 bits per heavy atom. The van der Waals surface area contributed by atoms with Crippen molar-refractivity contribution in [3.8, 4) is 0 Å². The van der Waals surface area contributed by atoms with E-state index < -0.39 is 0 Å². The summed E-state index contributed by atoms with van der Waals surface area (Å²) in [4.78, 5) is 0. The van der Waals surface area contributed by atoms with Gasteiger partial charge in [0.2, 0.25) is 0 Å². The third-order valence-corrected chi connectivity index (χ3v) is 6.12. The Kier molecular flexibility index (Phi) is 5.00. The van der Waals surface area contributed by atoms with Crippen molar-refractivity contribution < 1.29 is 0 Å². The van der Waals surface area contributed by atoms with Crippen LogP contribution in [0.2, 0.25) is 0 Å². The molecule has 1 heteroatoms. The smallest absolute Gasteiger partial charge is 0.0189 e. The summed E-state index contributed by atoms with van der Waals surface area (Å²) in [5.74, 6) is 0.877. The molecule has 0 aromatic heterocycles. The van der Waals surface area contributed by atoms with Crippen molar-refractivity contribution in [1.29, 1.82) is 0 Å². The summed E-state index contributed by atoms with van der Waals surface area (Å²) in [5.41, 5.74) is 1.98. The summed E-state index contributed by atoms with van der Waals surface area (Å²) < 4.78 is 0. The molecular weight excluding hydrogens is 254 g/mol. The molecule has 1 N–H and O–H groups in total. The van der Waals surface area contributed by atoms with Crippen molar-refractivity contribution in [3.63, 3.8) is 0 Å². The van der Waals surface area contributed by atoms with Gasteiger partial charge in [0.25, 0.3) is 0 Å². The van der Waals surface area contributed by atoms with E-state index in [4.69, 9.17) is 0 Å². The summed E-state index contributed by atoms with van der Waals surface area (Å²) in [6.45, 7) is 0. The first-order valence-corrected chi connectivity index (χ1v) is 9.09. The fourth-order valence-electron chi connectivity index (χ4n) is 5.16. The second-order valence-electron chi connectivity index (χ2n) is 7.25. The van der Waals surface area contributed by atoms with E-state index in [1.165, 1.54) is 64.2 Å². The van der Waals surface area contributed by atoms with Crippen molar-refractivity contribution in [2.24, 2.45) is 5.92 Å². The minimum atomic E-state index is 0.385. The van der Waals surface area contributed by atoms with Gasteiger partial charge in [-0.2, -0.15) is 0 Å². The summed E-state index contributed by atoms with van der Waals surface area (Å²) in [7, 11) is 2.21. The molecule has 0 radical (unpaired) electrons. The average molecular weight is 285 g/mol. The van der Waals surface area contributed by atoms with Gasteiger partial charge in [0.1, 0.15) is 0 Å². The van der Waals surface area contributed by atoms with Gasteiger partial charge in [-0.1, -0.05) is 68.9 Å². The fraction of sp³-hybridized carbons (Fsp3) is 0.700. The molecule has 1 aromatic carbocycles. The molecule has 1 unspecified atom stereocenters. The Hall–Kier alpha value is -0.820. The average Bonchev–Trinajstić information content (AvgIpc) is 2.58. The van der Waals surface area contributed by atoms with Gasteiger partial charge in [-0.15, -0.1) is 0 Å². The van der Waals surface area contributed by atoms with Crippen LogP contribution in [-0.4, -0.2) is 13.1 Å². The van der Waals surface area contributed by atoms with Crippen LogP contribution in [0.25, 0.3) is 0 Å². The second-order valence-corrected chi connectivity index (χ2v) is 7.25. The van der Waals surface area contributed by atoms with Gasteiger partial charge in [0, 0.05) is 11.5 Å². The highest BCUT2D eigenvalue weighted by atomic mass is 14.9. The zero-order valence-corrected chi connectivity index (χ0v) is 13.6. The van der Waals surface area contributed by atoms with E-state index >= 15 is 0 Å². The molecule has 1 atom stereocenters. The van der Waals surface area contributed by atoms with Gasteiger partial charge in [0.05, 0.1) is 0 Å². The van der Waals surface area contributed by atoms with E-state index in [2.05, 4.69) is 42.7 Å². The maximum Gasteiger partial charge on any atom is 0.0189 e. The van der Waals surface area contributed by atoms with E-state index in [0.717, 1.165) is 5.92 Å². The zero-order valence-electron chi connectivity index (χ0n) is 13.6. The van der Waals surface area contributed by atoms with Crippen molar-refractivity contribution in [2.75, 3.05) is 7.05 Å². The van der Waals surface area contributed by atoms with Gasteiger partial charge in [-0.25, -0.2) is 0 Å². The van der Waals surface area contributed by atoms with Crippen LogP contribution in [0.1, 0.15) is 69.8 Å². The quantitative estimate of drug-likeness (QED) is 0.815. The van der Waals surface area contributed by atoms with E-state index in [1.807, 2.05) is 0 Å². The maximum atomic E-state index is 3.78. The van der Waals surface area contributed by atoms with Crippen LogP contribution >= 0.6 is 0 Å². The lowest BCUT2D eigenvalue weighted by molar-refractivity contribution is 0.142. The SMILES string of the molecule is CNC(C1CCCCC1)C1(c2ccccc2)CCCCC1. The Balaban J connectivity index is 1.93. The van der Waals surface area contributed by atoms with E-state index in [9.17, 15) is 0 Å². The predicted octanol–water partition coefficient (Wildman–Crippen LogP) is 5.06. The number of hydrogen-bond donors (Lipinski definition) is 1. The van der Waals surface area contributed by atoms with Crippen LogP contribution in [0.15, 0.2) is 30.3 Å². The first-order chi connectivity index (χ1) is 10.4. The summed E-state index contributed by atoms with van der Waals surface area (Å²) >= 11 is 0. The minimum absolute atomic E-state index is 0.385. The normalized spacial score (nSPS) is 24.6. The molecule has 0 saturated heterocycles. The van der Waals surface area contributed by atoms with Gasteiger partial charge in [-0.3, -0.25) is 0 Å². The highest BCUT2D eigenvalue weighted by Gasteiger charge is 2.43. The number of rotatable bonds is 4. The second kappa shape index (κ2) is 6.96. The topological polar surface area (TPSA) is 12.0 Å². The lowest BCUT2D eigenvalue weighted by Gasteiger charge is -2.48. The van der Waals surface area contributed by atoms with Gasteiger partial charge in [-0.05, 0) is 44.2 Å². The molecule has 0 aliphatic heterocycles. The monoisotopic (exact) mass is 285 g/mol. The molecule has 0 heterocycles. The molecule has 0 amide bonds. The van der Waals surface area contributed by atoms with Crippen molar-refractivity contribution in [2.45, 2.75) is 75.7 Å². The lowest BCUT2D eigenvalue weighted by Crippen LogP contribution is -2.53. The van der Waals surface area contributed by atoms with Gasteiger partial charge in [0.15, 0.2) is 0 Å². The first kappa shape index (κ1) is 15.1. The molecule has 1 aromatic rings. The molecule has 116 valence electrons. The molecule has 21 heavy (non-hydrogen) atoms. The molecule has 2 saturated carbocycles. The summed E-state index contributed by atoms with van der Waals surface area (Å²) in [6.07, 6.45) is 14.2. The van der Waals surface area contributed by atoms with E-state index in [-0.39, 0.29) is 0 Å². The largest absolute Gasteiger partial charge is 0.316 e. The molecular formula is C20H31N. The standard InChI is InChI=1S/C20H31N/c1-21-19(17-11-5-2-6-12-17)20(15-9-4-10-16-20)18-13-7-3-8-14-18/h3,7-8,13-14,17,19,21H,2,4-6,9-12,15-16H2,1H3. The third-order valence-electron chi connectivity index (χ3n) is 6.12. The minimum Gasteiger partial charge on any atom is -0.316 e. The maximum absolute atomic E-state index is 3.78. The van der Waals surface area contributed by atoms with Crippen LogP contribution in [0.4, 0.5) is 0 Å². The van der Waals surface area contributed by atoms with Crippen molar-refractivity contribution in [1.82, 2.24) is 5.32 Å². The Morgan fingerprint density at radius 3 is 2.14 bits per heavy atom. The zero-order chi connectivity index (χ0) is 14.5. The van der Waals surface area contributed by atoms with Crippen molar-refractivity contribution >= 4 is 0 Å². The molecule has 2 aliphatic carbocycles. The summed E-state index contributed by atoms with van der Waals surface area (Å²) in [5, 5.41) is 3.78. The van der Waals surface area contributed by atoms with Crippen LogP contribution in [0, 0.1) is 5.92 Å². The number of hydrogen-bond acceptors (Lipinski definition) is 1. The highest BCUT2D eigenvalue weighted by molar-refractivity contribution is 5.29. The number of likely N-dealkylation sites (N-methyl/N-ethyl adjacent to an activating group) is 1. The van der Waals surface area contributed by atoms with E-state index in [1.54, 1.807) is 5.56 Å². The van der Waals surface area contributed by atoms with E-state index in [0.29, 0.717) is 11.5 Å². The van der Waals surface area contributed by atoms with Gasteiger partial charge >= 0.3 is 0 Å². The molecule has 2 fully saturated rings. The molecule has 3 rings (SSSR count). The highest BCUT2D eigenvalue weighted by Crippen LogP contribution is 2.46. The van der Waals surface area contributed by atoms with Crippen LogP contribution in [0.5, 0.6) is 0 Å². The van der Waals surface area contributed by atoms with Crippen LogP contribution in [-0.2, 0) is 5.41 Å². The number of benzene rings is 1. The van der Waals surface area contributed by atoms with Crippen LogP contribution < -0.4 is 5.32 Å². The predicted molar refractivity (Wildman–Crippen MR) is 90.6 cm³/mol.